The molecule has 2 N–H and O–H groups in total. The molecule has 100 valence electrons. The fourth-order valence-electron chi connectivity index (χ4n) is 2.94. The van der Waals surface area contributed by atoms with Crippen molar-refractivity contribution in [3.8, 4) is 0 Å². The van der Waals surface area contributed by atoms with Gasteiger partial charge in [0, 0.05) is 12.6 Å². The van der Waals surface area contributed by atoms with Gasteiger partial charge < -0.3 is 10.4 Å². The number of hydrogen-bond acceptors (Lipinski definition) is 2. The lowest BCUT2D eigenvalue weighted by Gasteiger charge is -2.36. The zero-order valence-electron chi connectivity index (χ0n) is 11.5. The first-order valence-electron chi connectivity index (χ1n) is 7.03. The number of aliphatic hydroxyl groups is 1. The molecule has 2 rings (SSSR count). The minimum atomic E-state index is -0.392. The van der Waals surface area contributed by atoms with Crippen LogP contribution in [0.1, 0.15) is 51.2 Å². The minimum Gasteiger partial charge on any atom is -0.387 e. The summed E-state index contributed by atoms with van der Waals surface area (Å²) >= 11 is 0. The Morgan fingerprint density at radius 3 is 2.72 bits per heavy atom. The van der Waals surface area contributed by atoms with Gasteiger partial charge in [0.05, 0.1) is 6.10 Å². The largest absolute Gasteiger partial charge is 0.387 e. The first kappa shape index (κ1) is 13.6. The third-order valence-electron chi connectivity index (χ3n) is 3.99. The molecular formula is C16H25NO. The Labute approximate surface area is 110 Å². The van der Waals surface area contributed by atoms with Crippen molar-refractivity contribution in [2.24, 2.45) is 5.41 Å². The summed E-state index contributed by atoms with van der Waals surface area (Å²) in [7, 11) is 0. The Bertz CT molecular complexity index is 361. The molecule has 1 aromatic carbocycles. The molecule has 0 aliphatic heterocycles. The van der Waals surface area contributed by atoms with Crippen LogP contribution in [0.3, 0.4) is 0 Å². The molecule has 2 heteroatoms. The molecule has 1 fully saturated rings. The third-order valence-corrected chi connectivity index (χ3v) is 3.99. The van der Waals surface area contributed by atoms with Gasteiger partial charge in [0.1, 0.15) is 0 Å². The molecule has 0 saturated heterocycles. The SMILES string of the molecule is CC1(C)CCCC(NCC(O)c2ccccc2)C1. The zero-order valence-corrected chi connectivity index (χ0v) is 11.5. The van der Waals surface area contributed by atoms with E-state index < -0.39 is 6.10 Å². The Kier molecular flexibility index (Phi) is 4.41. The maximum atomic E-state index is 10.1. The summed E-state index contributed by atoms with van der Waals surface area (Å²) in [5.41, 5.74) is 1.45. The first-order valence-corrected chi connectivity index (χ1v) is 7.03. The maximum Gasteiger partial charge on any atom is 0.0914 e. The predicted molar refractivity (Wildman–Crippen MR) is 75.4 cm³/mol. The molecule has 1 saturated carbocycles. The van der Waals surface area contributed by atoms with Crippen molar-refractivity contribution in [2.75, 3.05) is 6.54 Å². The van der Waals surface area contributed by atoms with Gasteiger partial charge in [0.25, 0.3) is 0 Å². The van der Waals surface area contributed by atoms with E-state index >= 15 is 0 Å². The minimum absolute atomic E-state index is 0.392. The van der Waals surface area contributed by atoms with Crippen LogP contribution in [0.25, 0.3) is 0 Å². The van der Waals surface area contributed by atoms with Gasteiger partial charge >= 0.3 is 0 Å². The van der Waals surface area contributed by atoms with Gasteiger partial charge in [-0.1, -0.05) is 50.6 Å². The molecule has 1 aliphatic carbocycles. The third kappa shape index (κ3) is 3.82. The van der Waals surface area contributed by atoms with E-state index in [2.05, 4.69) is 19.2 Å². The van der Waals surface area contributed by atoms with E-state index in [1.165, 1.54) is 25.7 Å². The molecule has 0 amide bonds. The number of aliphatic hydroxyl groups excluding tert-OH is 1. The van der Waals surface area contributed by atoms with Crippen LogP contribution in [0.4, 0.5) is 0 Å². The van der Waals surface area contributed by atoms with Crippen molar-refractivity contribution in [1.82, 2.24) is 5.32 Å². The lowest BCUT2D eigenvalue weighted by Crippen LogP contribution is -2.39. The van der Waals surface area contributed by atoms with Crippen LogP contribution in [0.5, 0.6) is 0 Å². The highest BCUT2D eigenvalue weighted by molar-refractivity contribution is 5.17. The van der Waals surface area contributed by atoms with Crippen LogP contribution >= 0.6 is 0 Å². The van der Waals surface area contributed by atoms with E-state index in [1.54, 1.807) is 0 Å². The summed E-state index contributed by atoms with van der Waals surface area (Å²) in [4.78, 5) is 0. The van der Waals surface area contributed by atoms with Crippen LogP contribution in [0.2, 0.25) is 0 Å². The van der Waals surface area contributed by atoms with Crippen LogP contribution in [-0.4, -0.2) is 17.7 Å². The Balaban J connectivity index is 1.81. The number of rotatable bonds is 4. The van der Waals surface area contributed by atoms with Crippen molar-refractivity contribution >= 4 is 0 Å². The van der Waals surface area contributed by atoms with Gasteiger partial charge in [0.2, 0.25) is 0 Å². The van der Waals surface area contributed by atoms with Gasteiger partial charge in [-0.3, -0.25) is 0 Å². The monoisotopic (exact) mass is 247 g/mol. The van der Waals surface area contributed by atoms with E-state index in [4.69, 9.17) is 0 Å². The number of hydrogen-bond donors (Lipinski definition) is 2. The van der Waals surface area contributed by atoms with Crippen LogP contribution in [0.15, 0.2) is 30.3 Å². The molecule has 2 atom stereocenters. The molecule has 0 heterocycles. The standard InChI is InChI=1S/C16H25NO/c1-16(2)10-6-9-14(11-16)17-12-15(18)13-7-4-3-5-8-13/h3-5,7-8,14-15,17-18H,6,9-12H2,1-2H3. The lowest BCUT2D eigenvalue weighted by atomic mass is 9.75. The summed E-state index contributed by atoms with van der Waals surface area (Å²) < 4.78 is 0. The molecule has 0 aromatic heterocycles. The highest BCUT2D eigenvalue weighted by Crippen LogP contribution is 2.35. The van der Waals surface area contributed by atoms with Crippen LogP contribution in [0, 0.1) is 5.41 Å². The topological polar surface area (TPSA) is 32.3 Å². The van der Waals surface area contributed by atoms with Crippen molar-refractivity contribution in [3.63, 3.8) is 0 Å². The Morgan fingerprint density at radius 1 is 1.33 bits per heavy atom. The average molecular weight is 247 g/mol. The highest BCUT2D eigenvalue weighted by Gasteiger charge is 2.27. The van der Waals surface area contributed by atoms with E-state index in [0.29, 0.717) is 18.0 Å². The summed E-state index contributed by atoms with van der Waals surface area (Å²) in [6.45, 7) is 5.34. The van der Waals surface area contributed by atoms with Gasteiger partial charge in [-0.2, -0.15) is 0 Å². The highest BCUT2D eigenvalue weighted by atomic mass is 16.3. The van der Waals surface area contributed by atoms with Crippen molar-refractivity contribution in [3.05, 3.63) is 35.9 Å². The average Bonchev–Trinajstić information content (AvgIpc) is 2.36. The number of nitrogens with one attached hydrogen (secondary N) is 1. The van der Waals surface area contributed by atoms with Crippen LogP contribution < -0.4 is 5.32 Å². The van der Waals surface area contributed by atoms with Crippen molar-refractivity contribution < 1.29 is 5.11 Å². The Hall–Kier alpha value is -0.860. The quantitative estimate of drug-likeness (QED) is 0.856. The van der Waals surface area contributed by atoms with E-state index in [1.807, 2.05) is 30.3 Å². The molecular weight excluding hydrogens is 222 g/mol. The molecule has 2 nitrogen and oxygen atoms in total. The van der Waals surface area contributed by atoms with Gasteiger partial charge in [0.15, 0.2) is 0 Å². The van der Waals surface area contributed by atoms with Crippen LogP contribution in [-0.2, 0) is 0 Å². The van der Waals surface area contributed by atoms with Gasteiger partial charge in [-0.15, -0.1) is 0 Å². The summed E-state index contributed by atoms with van der Waals surface area (Å²) in [6.07, 6.45) is 4.69. The zero-order chi connectivity index (χ0) is 13.0. The molecule has 0 radical (unpaired) electrons. The van der Waals surface area contributed by atoms with Crippen molar-refractivity contribution in [1.29, 1.82) is 0 Å². The molecule has 1 aromatic rings. The van der Waals surface area contributed by atoms with Gasteiger partial charge in [-0.25, -0.2) is 0 Å². The summed E-state index contributed by atoms with van der Waals surface area (Å²) in [5, 5.41) is 13.6. The lowest BCUT2D eigenvalue weighted by molar-refractivity contribution is 0.147. The maximum absolute atomic E-state index is 10.1. The van der Waals surface area contributed by atoms with E-state index in [0.717, 1.165) is 5.56 Å². The molecule has 0 spiro atoms. The second-order valence-electron chi connectivity index (χ2n) is 6.29. The fourth-order valence-corrected chi connectivity index (χ4v) is 2.94. The Morgan fingerprint density at radius 2 is 2.06 bits per heavy atom. The molecule has 2 unspecified atom stereocenters. The first-order chi connectivity index (χ1) is 8.57. The summed E-state index contributed by atoms with van der Waals surface area (Å²) in [6, 6.07) is 10.5. The van der Waals surface area contributed by atoms with E-state index in [9.17, 15) is 5.11 Å². The fraction of sp³-hybridized carbons (Fsp3) is 0.625. The molecule has 1 aliphatic rings. The molecule has 0 bridgehead atoms. The predicted octanol–water partition coefficient (Wildman–Crippen LogP) is 3.28. The number of benzene rings is 1. The van der Waals surface area contributed by atoms with E-state index in [-0.39, 0.29) is 0 Å². The smallest absolute Gasteiger partial charge is 0.0914 e. The summed E-state index contributed by atoms with van der Waals surface area (Å²) in [5.74, 6) is 0. The second kappa shape index (κ2) is 5.85. The van der Waals surface area contributed by atoms with Gasteiger partial charge in [-0.05, 0) is 30.2 Å². The molecule has 18 heavy (non-hydrogen) atoms. The van der Waals surface area contributed by atoms with Crippen molar-refractivity contribution in [2.45, 2.75) is 51.7 Å². The second-order valence-corrected chi connectivity index (χ2v) is 6.29. The normalized spacial score (nSPS) is 24.7.